The molecule has 6 heteroatoms. The van der Waals surface area contributed by atoms with Crippen LogP contribution in [-0.2, 0) is 14.3 Å². The van der Waals surface area contributed by atoms with Crippen molar-refractivity contribution in [3.63, 3.8) is 0 Å². The van der Waals surface area contributed by atoms with E-state index in [1.165, 1.54) is 0 Å². The summed E-state index contributed by atoms with van der Waals surface area (Å²) >= 11 is 0. The van der Waals surface area contributed by atoms with Gasteiger partial charge in [-0.05, 0) is 38.1 Å². The molecule has 2 aliphatic heterocycles. The number of nitrogens with one attached hydrogen (secondary N) is 1. The molecule has 2 heterocycles. The monoisotopic (exact) mass is 298 g/mol. The summed E-state index contributed by atoms with van der Waals surface area (Å²) in [6, 6.07) is -0.0415. The van der Waals surface area contributed by atoms with Crippen molar-refractivity contribution < 1.29 is 19.4 Å². The highest BCUT2D eigenvalue weighted by atomic mass is 16.5. The van der Waals surface area contributed by atoms with Crippen molar-refractivity contribution in [1.29, 1.82) is 0 Å². The van der Waals surface area contributed by atoms with Gasteiger partial charge in [0.1, 0.15) is 6.61 Å². The van der Waals surface area contributed by atoms with Gasteiger partial charge in [0.05, 0.1) is 12.1 Å². The van der Waals surface area contributed by atoms with Gasteiger partial charge in [0.25, 0.3) is 0 Å². The first-order chi connectivity index (χ1) is 10.1. The quantitative estimate of drug-likeness (QED) is 0.787. The molecule has 2 fully saturated rings. The van der Waals surface area contributed by atoms with Crippen LogP contribution in [-0.4, -0.2) is 60.3 Å². The summed E-state index contributed by atoms with van der Waals surface area (Å²) in [4.78, 5) is 24.9. The Labute approximate surface area is 125 Å². The Morgan fingerprint density at radius 2 is 2.00 bits per heavy atom. The molecule has 2 aliphatic rings. The third kappa shape index (κ3) is 4.68. The number of carboxylic acid groups (broad SMARTS) is 1. The minimum atomic E-state index is -0.939. The van der Waals surface area contributed by atoms with Crippen molar-refractivity contribution in [1.82, 2.24) is 10.2 Å². The second-order valence-corrected chi connectivity index (χ2v) is 6.03. The van der Waals surface area contributed by atoms with Crippen LogP contribution in [0.2, 0.25) is 0 Å². The van der Waals surface area contributed by atoms with E-state index in [4.69, 9.17) is 9.84 Å². The summed E-state index contributed by atoms with van der Waals surface area (Å²) < 4.78 is 5.30. The molecule has 1 amide bonds. The number of carbonyl (C=O) groups is 2. The number of aliphatic carboxylic acids is 1. The highest BCUT2D eigenvalue weighted by molar-refractivity contribution is 5.82. The van der Waals surface area contributed by atoms with E-state index < -0.39 is 5.97 Å². The highest BCUT2D eigenvalue weighted by Gasteiger charge is 2.31. The van der Waals surface area contributed by atoms with Gasteiger partial charge in [-0.2, -0.15) is 0 Å². The number of ether oxygens (including phenoxy) is 1. The van der Waals surface area contributed by atoms with Crippen molar-refractivity contribution in [2.45, 2.75) is 51.2 Å². The van der Waals surface area contributed by atoms with Crippen molar-refractivity contribution in [2.75, 3.05) is 26.2 Å². The minimum Gasteiger partial charge on any atom is -0.480 e. The summed E-state index contributed by atoms with van der Waals surface area (Å²) in [6.07, 6.45) is 4.64. The molecule has 2 rings (SSSR count). The number of carboxylic acids is 1. The Bertz CT molecular complexity index is 367. The van der Waals surface area contributed by atoms with E-state index in [1.807, 2.05) is 4.90 Å². The zero-order valence-corrected chi connectivity index (χ0v) is 12.7. The molecular weight excluding hydrogens is 272 g/mol. The number of likely N-dealkylation sites (tertiary alicyclic amines) is 1. The normalized spacial score (nSPS) is 27.6. The van der Waals surface area contributed by atoms with Gasteiger partial charge in [-0.3, -0.25) is 4.79 Å². The SMILES string of the molecule is CCC1CCNC(C(=O)N2CCC(OCC(=O)O)CC2)C1. The number of nitrogens with zero attached hydrogens (tertiary/aromatic N) is 1. The van der Waals surface area contributed by atoms with Crippen LogP contribution in [0.5, 0.6) is 0 Å². The minimum absolute atomic E-state index is 0.0344. The molecule has 0 saturated carbocycles. The van der Waals surface area contributed by atoms with Crippen LogP contribution in [0.3, 0.4) is 0 Å². The maximum Gasteiger partial charge on any atom is 0.329 e. The van der Waals surface area contributed by atoms with Crippen LogP contribution in [0.1, 0.15) is 39.0 Å². The molecule has 2 atom stereocenters. The van der Waals surface area contributed by atoms with Crippen LogP contribution in [0.4, 0.5) is 0 Å². The first-order valence-corrected chi connectivity index (χ1v) is 7.95. The van der Waals surface area contributed by atoms with E-state index in [2.05, 4.69) is 12.2 Å². The summed E-state index contributed by atoms with van der Waals surface area (Å²) in [5.74, 6) is -0.0907. The first-order valence-electron chi connectivity index (χ1n) is 7.95. The summed E-state index contributed by atoms with van der Waals surface area (Å²) in [5.41, 5.74) is 0. The molecule has 0 aromatic carbocycles. The molecule has 0 radical (unpaired) electrons. The van der Waals surface area contributed by atoms with Crippen molar-refractivity contribution in [3.05, 3.63) is 0 Å². The Balaban J connectivity index is 1.76. The molecule has 0 aromatic heterocycles. The van der Waals surface area contributed by atoms with E-state index in [0.29, 0.717) is 19.0 Å². The summed E-state index contributed by atoms with van der Waals surface area (Å²) in [6.45, 7) is 4.19. The van der Waals surface area contributed by atoms with Gasteiger partial charge in [0.2, 0.25) is 5.91 Å². The third-order valence-electron chi connectivity index (χ3n) is 4.58. The van der Waals surface area contributed by atoms with Gasteiger partial charge in [-0.25, -0.2) is 4.79 Å². The molecule has 21 heavy (non-hydrogen) atoms. The van der Waals surface area contributed by atoms with E-state index >= 15 is 0 Å². The fourth-order valence-corrected chi connectivity index (χ4v) is 3.21. The smallest absolute Gasteiger partial charge is 0.329 e. The van der Waals surface area contributed by atoms with E-state index in [0.717, 1.165) is 38.6 Å². The predicted molar refractivity (Wildman–Crippen MR) is 78.0 cm³/mol. The van der Waals surface area contributed by atoms with Crippen molar-refractivity contribution in [2.24, 2.45) is 5.92 Å². The van der Waals surface area contributed by atoms with E-state index in [9.17, 15) is 9.59 Å². The number of piperidine rings is 2. The molecule has 0 aliphatic carbocycles. The summed E-state index contributed by atoms with van der Waals surface area (Å²) in [5, 5.41) is 11.9. The van der Waals surface area contributed by atoms with E-state index in [-0.39, 0.29) is 24.7 Å². The Hall–Kier alpha value is -1.14. The third-order valence-corrected chi connectivity index (χ3v) is 4.58. The Kier molecular flexibility index (Phi) is 5.99. The molecular formula is C15H26N2O4. The Morgan fingerprint density at radius 1 is 1.29 bits per heavy atom. The fraction of sp³-hybridized carbons (Fsp3) is 0.867. The lowest BCUT2D eigenvalue weighted by atomic mass is 9.89. The van der Waals surface area contributed by atoms with Crippen LogP contribution < -0.4 is 5.32 Å². The fourth-order valence-electron chi connectivity index (χ4n) is 3.21. The lowest BCUT2D eigenvalue weighted by Crippen LogP contribution is -2.52. The second kappa shape index (κ2) is 7.75. The molecule has 2 saturated heterocycles. The van der Waals surface area contributed by atoms with Gasteiger partial charge in [0.15, 0.2) is 0 Å². The largest absolute Gasteiger partial charge is 0.480 e. The van der Waals surface area contributed by atoms with Crippen LogP contribution >= 0.6 is 0 Å². The number of amides is 1. The number of carbonyl (C=O) groups excluding carboxylic acids is 1. The van der Waals surface area contributed by atoms with Crippen molar-refractivity contribution >= 4 is 11.9 Å². The second-order valence-electron chi connectivity index (χ2n) is 6.03. The first kappa shape index (κ1) is 16.2. The molecule has 0 spiro atoms. The zero-order chi connectivity index (χ0) is 15.2. The van der Waals surface area contributed by atoms with Crippen LogP contribution in [0.25, 0.3) is 0 Å². The van der Waals surface area contributed by atoms with Gasteiger partial charge in [0, 0.05) is 13.1 Å². The van der Waals surface area contributed by atoms with Gasteiger partial charge in [-0.1, -0.05) is 13.3 Å². The molecule has 0 bridgehead atoms. The molecule has 0 aromatic rings. The zero-order valence-electron chi connectivity index (χ0n) is 12.7. The average Bonchev–Trinajstić information content (AvgIpc) is 2.52. The number of hydrogen-bond donors (Lipinski definition) is 2. The lowest BCUT2D eigenvalue weighted by Gasteiger charge is -2.36. The molecule has 6 nitrogen and oxygen atoms in total. The molecule has 2 N–H and O–H groups in total. The topological polar surface area (TPSA) is 78.9 Å². The van der Waals surface area contributed by atoms with Crippen LogP contribution in [0, 0.1) is 5.92 Å². The maximum atomic E-state index is 12.5. The molecule has 120 valence electrons. The Morgan fingerprint density at radius 3 is 2.62 bits per heavy atom. The van der Waals surface area contributed by atoms with E-state index in [1.54, 1.807) is 0 Å². The molecule has 2 unspecified atom stereocenters. The number of hydrogen-bond acceptors (Lipinski definition) is 4. The lowest BCUT2D eigenvalue weighted by molar-refractivity contribution is -0.147. The highest BCUT2D eigenvalue weighted by Crippen LogP contribution is 2.22. The van der Waals surface area contributed by atoms with Crippen LogP contribution in [0.15, 0.2) is 0 Å². The number of rotatable bonds is 5. The standard InChI is InChI=1S/C15H26N2O4/c1-2-11-3-6-16-13(9-11)15(20)17-7-4-12(5-8-17)21-10-14(18)19/h11-13,16H,2-10H2,1H3,(H,18,19). The van der Waals surface area contributed by atoms with Gasteiger partial charge < -0.3 is 20.1 Å². The van der Waals surface area contributed by atoms with Gasteiger partial charge in [-0.15, -0.1) is 0 Å². The summed E-state index contributed by atoms with van der Waals surface area (Å²) in [7, 11) is 0. The van der Waals surface area contributed by atoms with Crippen molar-refractivity contribution in [3.8, 4) is 0 Å². The maximum absolute atomic E-state index is 12.5. The predicted octanol–water partition coefficient (Wildman–Crippen LogP) is 0.857. The van der Waals surface area contributed by atoms with Gasteiger partial charge >= 0.3 is 5.97 Å². The average molecular weight is 298 g/mol.